The minimum absolute atomic E-state index is 0.427. The Kier molecular flexibility index (Phi) is 5.60. The third-order valence-corrected chi connectivity index (χ3v) is 6.42. The monoisotopic (exact) mass is 419 g/mol. The molecule has 0 fully saturated rings. The third kappa shape index (κ3) is 3.83. The number of para-hydroxylation sites is 1. The van der Waals surface area contributed by atoms with Gasteiger partial charge in [0.1, 0.15) is 5.01 Å². The van der Waals surface area contributed by atoms with Crippen LogP contribution >= 0.6 is 11.3 Å². The maximum absolute atomic E-state index is 13.1. The summed E-state index contributed by atoms with van der Waals surface area (Å²) in [6, 6.07) is 9.47. The predicted molar refractivity (Wildman–Crippen MR) is 113 cm³/mol. The van der Waals surface area contributed by atoms with E-state index in [-0.39, 0.29) is 0 Å². The fourth-order valence-electron chi connectivity index (χ4n) is 3.86. The summed E-state index contributed by atoms with van der Waals surface area (Å²) in [5.41, 5.74) is 3.84. The summed E-state index contributed by atoms with van der Waals surface area (Å²) in [4.78, 5) is 34.6. The van der Waals surface area contributed by atoms with Crippen LogP contribution < -0.4 is 0 Å². The Morgan fingerprint density at radius 3 is 2.87 bits per heavy atom. The van der Waals surface area contributed by atoms with Crippen LogP contribution in [0.5, 0.6) is 0 Å². The highest BCUT2D eigenvalue weighted by molar-refractivity contribution is 7.09. The number of hydrogen-bond acceptors (Lipinski definition) is 7. The van der Waals surface area contributed by atoms with Crippen LogP contribution in [0.4, 0.5) is 0 Å². The summed E-state index contributed by atoms with van der Waals surface area (Å²) in [5.74, 6) is -1.59. The molecule has 30 heavy (non-hydrogen) atoms. The van der Waals surface area contributed by atoms with Gasteiger partial charge in [-0.3, -0.25) is 9.78 Å². The average molecular weight is 420 g/mol. The number of nitriles is 1. The molecule has 0 saturated carbocycles. The van der Waals surface area contributed by atoms with Crippen molar-refractivity contribution in [2.45, 2.75) is 39.0 Å². The lowest BCUT2D eigenvalue weighted by atomic mass is 9.84. The lowest BCUT2D eigenvalue weighted by Gasteiger charge is -2.24. The van der Waals surface area contributed by atoms with E-state index in [0.717, 1.165) is 47.1 Å². The second-order valence-electron chi connectivity index (χ2n) is 7.71. The van der Waals surface area contributed by atoms with Crippen molar-refractivity contribution in [2.24, 2.45) is 5.92 Å². The molecule has 0 unspecified atom stereocenters. The van der Waals surface area contributed by atoms with Gasteiger partial charge in [-0.25, -0.2) is 9.78 Å². The van der Waals surface area contributed by atoms with Crippen LogP contribution in [0, 0.1) is 24.2 Å². The van der Waals surface area contributed by atoms with E-state index in [2.05, 4.69) is 11.9 Å². The highest BCUT2D eigenvalue weighted by atomic mass is 32.1. The van der Waals surface area contributed by atoms with Gasteiger partial charge in [0.2, 0.25) is 0 Å². The second-order valence-corrected chi connectivity index (χ2v) is 8.60. The summed E-state index contributed by atoms with van der Waals surface area (Å²) in [6.07, 6.45) is 2.60. The van der Waals surface area contributed by atoms with Crippen molar-refractivity contribution in [1.82, 2.24) is 9.97 Å². The largest absolute Gasteiger partial charge is 0.454 e. The van der Waals surface area contributed by atoms with Crippen LogP contribution in [0.3, 0.4) is 0 Å². The molecule has 1 aliphatic rings. The normalized spacial score (nSPS) is 16.5. The molecule has 1 aromatic carbocycles. The zero-order valence-electron chi connectivity index (χ0n) is 16.8. The van der Waals surface area contributed by atoms with Crippen LogP contribution in [-0.4, -0.2) is 28.3 Å². The van der Waals surface area contributed by atoms with Gasteiger partial charge in [-0.2, -0.15) is 5.26 Å². The van der Waals surface area contributed by atoms with Crippen LogP contribution in [0.1, 0.15) is 51.6 Å². The van der Waals surface area contributed by atoms with Gasteiger partial charge in [-0.05, 0) is 43.7 Å². The number of ether oxygens (including phenoxy) is 1. The summed E-state index contributed by atoms with van der Waals surface area (Å²) in [5, 5.41) is 12.4. The molecule has 2 atom stereocenters. The molecule has 0 spiro atoms. The third-order valence-electron chi connectivity index (χ3n) is 5.39. The smallest absolute Gasteiger partial charge is 0.339 e. The molecule has 2 heterocycles. The number of thiazole rings is 1. The number of ketones is 1. The van der Waals surface area contributed by atoms with Gasteiger partial charge in [0.05, 0.1) is 17.1 Å². The maximum Gasteiger partial charge on any atom is 0.339 e. The van der Waals surface area contributed by atoms with E-state index in [1.54, 1.807) is 12.3 Å². The molecule has 0 bridgehead atoms. The number of rotatable bonds is 5. The summed E-state index contributed by atoms with van der Waals surface area (Å²) in [7, 11) is 0. The number of carbonyl (C=O) groups is 2. The Bertz CT molecular complexity index is 1180. The van der Waals surface area contributed by atoms with Crippen LogP contribution in [0.2, 0.25) is 0 Å². The van der Waals surface area contributed by atoms with Crippen molar-refractivity contribution >= 4 is 34.0 Å². The fraction of sp³-hybridized carbons (Fsp3) is 0.348. The van der Waals surface area contributed by atoms with E-state index in [9.17, 15) is 14.9 Å². The quantitative estimate of drug-likeness (QED) is 0.577. The Morgan fingerprint density at radius 2 is 2.13 bits per heavy atom. The highest BCUT2D eigenvalue weighted by Crippen LogP contribution is 2.32. The molecule has 0 N–H and O–H groups in total. The molecular weight excluding hydrogens is 398 g/mol. The zero-order valence-corrected chi connectivity index (χ0v) is 17.7. The molecule has 6 nitrogen and oxygen atoms in total. The number of esters is 1. The number of fused-ring (bicyclic) bond motifs is 2. The Labute approximate surface area is 178 Å². The van der Waals surface area contributed by atoms with E-state index in [1.165, 1.54) is 11.3 Å². The number of aromatic nitrogens is 2. The van der Waals surface area contributed by atoms with E-state index in [1.807, 2.05) is 30.3 Å². The van der Waals surface area contributed by atoms with Gasteiger partial charge >= 0.3 is 5.97 Å². The van der Waals surface area contributed by atoms with Crippen molar-refractivity contribution in [3.05, 3.63) is 57.2 Å². The highest BCUT2D eigenvalue weighted by Gasteiger charge is 2.28. The van der Waals surface area contributed by atoms with Crippen LogP contribution in [0.15, 0.2) is 29.6 Å². The Balaban J connectivity index is 1.61. The van der Waals surface area contributed by atoms with E-state index < -0.39 is 24.3 Å². The van der Waals surface area contributed by atoms with Crippen molar-refractivity contribution in [2.75, 3.05) is 6.61 Å². The predicted octanol–water partition coefficient (Wildman–Crippen LogP) is 4.16. The average Bonchev–Trinajstić information content (AvgIpc) is 3.16. The molecule has 0 radical (unpaired) electrons. The zero-order chi connectivity index (χ0) is 21.3. The topological polar surface area (TPSA) is 92.9 Å². The SMILES string of the molecule is Cc1csc([C@H](C#N)C(=O)COC(=O)c2c3c(nc4ccccc24)CC[C@@H](C)C3)n1. The second kappa shape index (κ2) is 8.33. The number of pyridine rings is 1. The molecule has 0 aliphatic heterocycles. The number of benzene rings is 1. The van der Waals surface area contributed by atoms with Gasteiger partial charge in [0, 0.05) is 22.2 Å². The minimum atomic E-state index is -1.03. The molecule has 152 valence electrons. The summed E-state index contributed by atoms with van der Waals surface area (Å²) >= 11 is 1.26. The number of nitrogens with zero attached hydrogens (tertiary/aromatic N) is 3. The van der Waals surface area contributed by atoms with E-state index in [0.29, 0.717) is 16.5 Å². The van der Waals surface area contributed by atoms with Gasteiger partial charge < -0.3 is 4.74 Å². The lowest BCUT2D eigenvalue weighted by Crippen LogP contribution is -2.23. The summed E-state index contributed by atoms with van der Waals surface area (Å²) in [6.45, 7) is 3.50. The molecule has 0 amide bonds. The van der Waals surface area contributed by atoms with Gasteiger partial charge in [0.15, 0.2) is 18.3 Å². The lowest BCUT2D eigenvalue weighted by molar-refractivity contribution is -0.122. The van der Waals surface area contributed by atoms with Crippen molar-refractivity contribution in [3.8, 4) is 6.07 Å². The minimum Gasteiger partial charge on any atom is -0.454 e. The van der Waals surface area contributed by atoms with Crippen LogP contribution in [-0.2, 0) is 22.4 Å². The standard InChI is InChI=1S/C23H21N3O3S/c1-13-7-8-19-16(9-13)21(15-5-3-4-6-18(15)26-19)23(28)29-11-20(27)17(10-24)22-25-14(2)12-30-22/h3-6,12-13,17H,7-9,11H2,1-2H3/t13-,17-/m1/s1. The van der Waals surface area contributed by atoms with E-state index >= 15 is 0 Å². The molecule has 1 aliphatic carbocycles. The number of aryl methyl sites for hydroxylation is 2. The molecule has 2 aromatic heterocycles. The first-order valence-electron chi connectivity index (χ1n) is 9.90. The Morgan fingerprint density at radius 1 is 1.33 bits per heavy atom. The first kappa shape index (κ1) is 20.2. The van der Waals surface area contributed by atoms with Crippen LogP contribution in [0.25, 0.3) is 10.9 Å². The van der Waals surface area contributed by atoms with Crippen molar-refractivity contribution < 1.29 is 14.3 Å². The first-order valence-corrected chi connectivity index (χ1v) is 10.8. The van der Waals surface area contributed by atoms with E-state index in [4.69, 9.17) is 9.72 Å². The Hall–Kier alpha value is -3.11. The molecule has 7 heteroatoms. The number of hydrogen-bond donors (Lipinski definition) is 0. The summed E-state index contributed by atoms with van der Waals surface area (Å²) < 4.78 is 5.42. The number of Topliss-reactive ketones (excluding diaryl/α,β-unsaturated/α-hetero) is 1. The van der Waals surface area contributed by atoms with Crippen molar-refractivity contribution in [1.29, 1.82) is 5.26 Å². The van der Waals surface area contributed by atoms with Gasteiger partial charge in [0.25, 0.3) is 0 Å². The van der Waals surface area contributed by atoms with Crippen molar-refractivity contribution in [3.63, 3.8) is 0 Å². The maximum atomic E-state index is 13.1. The molecule has 4 rings (SSSR count). The van der Waals surface area contributed by atoms with Gasteiger partial charge in [-0.15, -0.1) is 11.3 Å². The molecule has 0 saturated heterocycles. The molecule has 3 aromatic rings. The fourth-order valence-corrected chi connectivity index (χ4v) is 4.72. The first-order chi connectivity index (χ1) is 14.5. The van der Waals surface area contributed by atoms with Gasteiger partial charge in [-0.1, -0.05) is 25.1 Å². The molecular formula is C23H21N3O3S. The number of carbonyl (C=O) groups excluding carboxylic acids is 2.